The smallest absolute Gasteiger partial charge is 0.0794 e. The van der Waals surface area contributed by atoms with Crippen LogP contribution in [0.2, 0.25) is 0 Å². The maximum Gasteiger partial charge on any atom is 0.0794 e. The van der Waals surface area contributed by atoms with Gasteiger partial charge in [0.1, 0.15) is 0 Å². The van der Waals surface area contributed by atoms with Crippen molar-refractivity contribution in [3.8, 4) is 0 Å². The molecule has 1 N–H and O–H groups in total. The maximum absolute atomic E-state index is 4.44. The summed E-state index contributed by atoms with van der Waals surface area (Å²) in [4.78, 5) is 4.44. The van der Waals surface area contributed by atoms with Gasteiger partial charge in [-0.05, 0) is 55.8 Å². The summed E-state index contributed by atoms with van der Waals surface area (Å²) in [6.45, 7) is 1.10. The fraction of sp³-hybridized carbons (Fsp3) is 0.438. The molecule has 1 atom stereocenters. The van der Waals surface area contributed by atoms with Gasteiger partial charge in [0.25, 0.3) is 0 Å². The van der Waals surface area contributed by atoms with E-state index in [0.717, 1.165) is 29.9 Å². The van der Waals surface area contributed by atoms with Gasteiger partial charge in [0.2, 0.25) is 0 Å². The van der Waals surface area contributed by atoms with Crippen molar-refractivity contribution in [1.82, 2.24) is 10.3 Å². The second-order valence-corrected chi connectivity index (χ2v) is 7.20. The van der Waals surface area contributed by atoms with Gasteiger partial charge in [0, 0.05) is 15.9 Å². The fourth-order valence-corrected chi connectivity index (χ4v) is 3.26. The van der Waals surface area contributed by atoms with Gasteiger partial charge in [-0.3, -0.25) is 0 Å². The van der Waals surface area contributed by atoms with E-state index in [1.54, 1.807) is 11.3 Å². The zero-order valence-electron chi connectivity index (χ0n) is 11.4. The highest BCUT2D eigenvalue weighted by molar-refractivity contribution is 9.10. The Morgan fingerprint density at radius 3 is 2.70 bits per heavy atom. The number of benzene rings is 1. The van der Waals surface area contributed by atoms with Crippen LogP contribution in [0.1, 0.15) is 24.1 Å². The number of nitrogens with zero attached hydrogens (tertiary/aromatic N) is 1. The highest BCUT2D eigenvalue weighted by Gasteiger charge is 2.22. The van der Waals surface area contributed by atoms with Crippen LogP contribution in [0, 0.1) is 5.92 Å². The summed E-state index contributed by atoms with van der Waals surface area (Å²) in [6.07, 6.45) is 4.88. The number of nitrogens with one attached hydrogen (secondary N) is 1. The number of aromatic nitrogens is 1. The van der Waals surface area contributed by atoms with E-state index < -0.39 is 0 Å². The molecule has 1 aromatic heterocycles. The fourth-order valence-electron chi connectivity index (χ4n) is 2.43. The van der Waals surface area contributed by atoms with E-state index in [-0.39, 0.29) is 0 Å². The molecule has 20 heavy (non-hydrogen) atoms. The Morgan fingerprint density at radius 2 is 2.05 bits per heavy atom. The van der Waals surface area contributed by atoms with Crippen LogP contribution in [0.15, 0.2) is 39.6 Å². The summed E-state index contributed by atoms with van der Waals surface area (Å²) in [6, 6.07) is 9.47. The van der Waals surface area contributed by atoms with E-state index in [9.17, 15) is 0 Å². The van der Waals surface area contributed by atoms with Crippen molar-refractivity contribution >= 4 is 27.3 Å². The average Bonchev–Trinajstić information content (AvgIpc) is 3.15. The molecule has 0 saturated heterocycles. The maximum atomic E-state index is 4.44. The standard InChI is InChI=1S/C16H19BrN2S/c17-14-3-1-12(2-4-14)7-13(9-18-15-5-6-15)8-16-10-20-11-19-16/h1-4,10-11,13,15,18H,5-9H2. The first-order valence-corrected chi connectivity index (χ1v) is 8.88. The third-order valence-corrected chi connectivity index (χ3v) is 4.86. The molecule has 3 rings (SSSR count). The minimum atomic E-state index is 0.624. The molecular formula is C16H19BrN2S. The van der Waals surface area contributed by atoms with Gasteiger partial charge in [-0.25, -0.2) is 4.98 Å². The number of hydrogen-bond acceptors (Lipinski definition) is 3. The van der Waals surface area contributed by atoms with Crippen LogP contribution in [0.25, 0.3) is 0 Å². The van der Waals surface area contributed by atoms with Crippen LogP contribution in [-0.4, -0.2) is 17.6 Å². The second-order valence-electron chi connectivity index (χ2n) is 5.56. The summed E-state index contributed by atoms with van der Waals surface area (Å²) in [7, 11) is 0. The molecule has 1 heterocycles. The molecular weight excluding hydrogens is 332 g/mol. The van der Waals surface area contributed by atoms with E-state index in [1.807, 2.05) is 5.51 Å². The Morgan fingerprint density at radius 1 is 1.25 bits per heavy atom. The molecule has 0 amide bonds. The van der Waals surface area contributed by atoms with E-state index >= 15 is 0 Å². The van der Waals surface area contributed by atoms with Crippen molar-refractivity contribution in [2.75, 3.05) is 6.54 Å². The molecule has 0 radical (unpaired) electrons. The highest BCUT2D eigenvalue weighted by Crippen LogP contribution is 2.21. The molecule has 1 fully saturated rings. The molecule has 1 aliphatic rings. The van der Waals surface area contributed by atoms with Gasteiger partial charge in [-0.2, -0.15) is 0 Å². The Kier molecular flexibility index (Phi) is 4.86. The van der Waals surface area contributed by atoms with Crippen LogP contribution in [0.4, 0.5) is 0 Å². The molecule has 0 spiro atoms. The lowest BCUT2D eigenvalue weighted by molar-refractivity contribution is 0.465. The number of hydrogen-bond donors (Lipinski definition) is 1. The monoisotopic (exact) mass is 350 g/mol. The minimum absolute atomic E-state index is 0.624. The van der Waals surface area contributed by atoms with Crippen molar-refractivity contribution in [2.45, 2.75) is 31.7 Å². The van der Waals surface area contributed by atoms with E-state index in [1.165, 1.54) is 24.1 Å². The Hall–Kier alpha value is -0.710. The van der Waals surface area contributed by atoms with Gasteiger partial charge in [0.05, 0.1) is 11.2 Å². The van der Waals surface area contributed by atoms with Crippen LogP contribution in [0.3, 0.4) is 0 Å². The van der Waals surface area contributed by atoms with Gasteiger partial charge >= 0.3 is 0 Å². The van der Waals surface area contributed by atoms with Gasteiger partial charge in [0.15, 0.2) is 0 Å². The summed E-state index contributed by atoms with van der Waals surface area (Å²) in [5.41, 5.74) is 4.57. The second kappa shape index (κ2) is 6.83. The summed E-state index contributed by atoms with van der Waals surface area (Å²) in [5.74, 6) is 0.624. The van der Waals surface area contributed by atoms with Crippen LogP contribution >= 0.6 is 27.3 Å². The zero-order valence-corrected chi connectivity index (χ0v) is 13.8. The molecule has 2 nitrogen and oxygen atoms in total. The molecule has 1 unspecified atom stereocenters. The van der Waals surface area contributed by atoms with Crippen molar-refractivity contribution in [1.29, 1.82) is 0 Å². The first kappa shape index (κ1) is 14.2. The molecule has 0 bridgehead atoms. The van der Waals surface area contributed by atoms with Crippen LogP contribution < -0.4 is 5.32 Å². The van der Waals surface area contributed by atoms with Crippen molar-refractivity contribution in [3.05, 3.63) is 50.9 Å². The van der Waals surface area contributed by atoms with E-state index in [4.69, 9.17) is 0 Å². The van der Waals surface area contributed by atoms with Crippen LogP contribution in [-0.2, 0) is 12.8 Å². The minimum Gasteiger partial charge on any atom is -0.314 e. The molecule has 1 aromatic carbocycles. The summed E-state index contributed by atoms with van der Waals surface area (Å²) < 4.78 is 1.15. The van der Waals surface area contributed by atoms with Crippen molar-refractivity contribution in [2.24, 2.45) is 5.92 Å². The Balaban J connectivity index is 1.61. The summed E-state index contributed by atoms with van der Waals surface area (Å²) in [5, 5.41) is 5.84. The lowest BCUT2D eigenvalue weighted by atomic mass is 9.95. The number of thiazole rings is 1. The van der Waals surface area contributed by atoms with Gasteiger partial charge in [-0.15, -0.1) is 11.3 Å². The average molecular weight is 351 g/mol. The lowest BCUT2D eigenvalue weighted by Crippen LogP contribution is -2.27. The first-order valence-electron chi connectivity index (χ1n) is 7.14. The number of halogens is 1. The van der Waals surface area contributed by atoms with Crippen molar-refractivity contribution in [3.63, 3.8) is 0 Å². The first-order chi connectivity index (χ1) is 9.79. The quantitative estimate of drug-likeness (QED) is 0.814. The lowest BCUT2D eigenvalue weighted by Gasteiger charge is -2.17. The third-order valence-electron chi connectivity index (χ3n) is 3.69. The normalized spacial score (nSPS) is 16.2. The molecule has 1 aliphatic carbocycles. The molecule has 4 heteroatoms. The van der Waals surface area contributed by atoms with E-state index in [0.29, 0.717) is 5.92 Å². The molecule has 106 valence electrons. The number of rotatable bonds is 7. The van der Waals surface area contributed by atoms with Gasteiger partial charge in [-0.1, -0.05) is 28.1 Å². The summed E-state index contributed by atoms with van der Waals surface area (Å²) >= 11 is 5.19. The third kappa shape index (κ3) is 4.40. The van der Waals surface area contributed by atoms with Gasteiger partial charge < -0.3 is 5.32 Å². The molecule has 0 aliphatic heterocycles. The molecule has 2 aromatic rings. The zero-order chi connectivity index (χ0) is 13.8. The predicted octanol–water partition coefficient (Wildman–Crippen LogP) is 4.06. The molecule has 1 saturated carbocycles. The Labute approximate surface area is 132 Å². The van der Waals surface area contributed by atoms with E-state index in [2.05, 4.69) is 55.9 Å². The van der Waals surface area contributed by atoms with Crippen molar-refractivity contribution < 1.29 is 0 Å². The Bertz CT molecular complexity index is 520. The topological polar surface area (TPSA) is 24.9 Å². The predicted molar refractivity (Wildman–Crippen MR) is 88.2 cm³/mol. The van der Waals surface area contributed by atoms with Crippen LogP contribution in [0.5, 0.6) is 0 Å². The SMILES string of the molecule is Brc1ccc(CC(CNC2CC2)Cc2cscn2)cc1. The highest BCUT2D eigenvalue weighted by atomic mass is 79.9. The largest absolute Gasteiger partial charge is 0.314 e.